The van der Waals surface area contributed by atoms with Gasteiger partial charge in [0.25, 0.3) is 0 Å². The highest BCUT2D eigenvalue weighted by Gasteiger charge is 2.64. The molecule has 1 N–H and O–H groups in total. The van der Waals surface area contributed by atoms with E-state index in [4.69, 9.17) is 14.8 Å². The molecule has 1 saturated heterocycles. The highest BCUT2D eigenvalue weighted by Crippen LogP contribution is 2.58. The van der Waals surface area contributed by atoms with Gasteiger partial charge in [0.15, 0.2) is 11.6 Å². The summed E-state index contributed by atoms with van der Waals surface area (Å²) in [5.41, 5.74) is 4.39. The van der Waals surface area contributed by atoms with Gasteiger partial charge in [-0.05, 0) is 38.1 Å². The first-order valence-corrected chi connectivity index (χ1v) is 12.9. The minimum Gasteiger partial charge on any atom is -0.493 e. The molecule has 3 fully saturated rings. The Morgan fingerprint density at radius 3 is 2.76 bits per heavy atom. The summed E-state index contributed by atoms with van der Waals surface area (Å²) in [6.07, 6.45) is 7.03. The number of amides is 1. The largest absolute Gasteiger partial charge is 0.493 e. The second-order valence-corrected chi connectivity index (χ2v) is 10.8. The van der Waals surface area contributed by atoms with Crippen molar-refractivity contribution in [1.82, 2.24) is 29.6 Å². The van der Waals surface area contributed by atoms with Gasteiger partial charge in [-0.25, -0.2) is 15.0 Å². The first kappa shape index (κ1) is 22.4. The van der Waals surface area contributed by atoms with Crippen molar-refractivity contribution in [3.8, 4) is 28.3 Å². The van der Waals surface area contributed by atoms with Crippen LogP contribution in [0.5, 0.6) is 5.75 Å². The smallest absolute Gasteiger partial charge is 0.233 e. The Morgan fingerprint density at radius 1 is 1.19 bits per heavy atom. The third-order valence-electron chi connectivity index (χ3n) is 8.00. The molecule has 3 aromatic heterocycles. The number of hydrogen-bond donors (Lipinski definition) is 1. The monoisotopic (exact) mass is 495 g/mol. The molecule has 4 aromatic rings. The molecule has 9 nitrogen and oxygen atoms in total. The van der Waals surface area contributed by atoms with Crippen LogP contribution in [0.15, 0.2) is 48.9 Å². The van der Waals surface area contributed by atoms with Gasteiger partial charge in [0.1, 0.15) is 23.2 Å². The molecule has 0 bridgehead atoms. The maximum atomic E-state index is 13.4. The van der Waals surface area contributed by atoms with Crippen molar-refractivity contribution in [2.24, 2.45) is 17.3 Å². The molecule has 1 aliphatic heterocycles. The fraction of sp³-hybridized carbons (Fsp3) is 0.393. The van der Waals surface area contributed by atoms with Gasteiger partial charge in [0.2, 0.25) is 5.91 Å². The number of ether oxygens (including phenoxy) is 1. The standard InChI is InChI=1S/C28H29N7O2/c1-34-13-19-11-28(19,15-34)27(36)32-26-22(37-2)10-21-25(31-26)24(30-16-29-21)20-14-35(12-17-8-9-17)33-23(20)18-6-4-3-5-7-18/h3-7,10,14,16-17,19H,8-9,11-13,15H2,1-2H3,(H,31,32,36)/t19-,28-/m0/s1. The molecule has 1 amide bonds. The summed E-state index contributed by atoms with van der Waals surface area (Å²) < 4.78 is 7.64. The highest BCUT2D eigenvalue weighted by molar-refractivity contribution is 6.01. The molecular weight excluding hydrogens is 466 g/mol. The second-order valence-electron chi connectivity index (χ2n) is 10.8. The van der Waals surface area contributed by atoms with Crippen LogP contribution >= 0.6 is 0 Å². The summed E-state index contributed by atoms with van der Waals surface area (Å²) in [6.45, 7) is 2.62. The average molecular weight is 496 g/mol. The van der Waals surface area contributed by atoms with Crippen LogP contribution in [0.4, 0.5) is 5.82 Å². The maximum absolute atomic E-state index is 13.4. The van der Waals surface area contributed by atoms with Gasteiger partial charge in [-0.3, -0.25) is 9.48 Å². The zero-order valence-corrected chi connectivity index (χ0v) is 21.0. The molecule has 9 heteroatoms. The summed E-state index contributed by atoms with van der Waals surface area (Å²) in [6, 6.07) is 12.0. The van der Waals surface area contributed by atoms with Crippen LogP contribution in [0.1, 0.15) is 19.3 Å². The van der Waals surface area contributed by atoms with Gasteiger partial charge in [-0.15, -0.1) is 0 Å². The SMILES string of the molecule is COc1cc2ncnc(-c3cn(CC4CC4)nc3-c3ccccc3)c2nc1NC(=O)[C@]12C[C@H]1CN(C)C2. The lowest BCUT2D eigenvalue weighted by molar-refractivity contribution is -0.121. The van der Waals surface area contributed by atoms with Crippen molar-refractivity contribution < 1.29 is 9.53 Å². The Bertz CT molecular complexity index is 1510. The topological polar surface area (TPSA) is 98.1 Å². The maximum Gasteiger partial charge on any atom is 0.233 e. The number of nitrogens with zero attached hydrogens (tertiary/aromatic N) is 6. The minimum absolute atomic E-state index is 0.00706. The number of nitrogens with one attached hydrogen (secondary N) is 1. The van der Waals surface area contributed by atoms with Crippen molar-refractivity contribution in [1.29, 1.82) is 0 Å². The molecular formula is C28H29N7O2. The molecule has 188 valence electrons. The van der Waals surface area contributed by atoms with E-state index in [9.17, 15) is 4.79 Å². The Morgan fingerprint density at radius 2 is 2.03 bits per heavy atom. The lowest BCUT2D eigenvalue weighted by Crippen LogP contribution is -2.31. The molecule has 7 rings (SSSR count). The predicted octanol–water partition coefficient (Wildman–Crippen LogP) is 3.86. The van der Waals surface area contributed by atoms with Gasteiger partial charge in [0, 0.05) is 43.0 Å². The average Bonchev–Trinajstić information content (AvgIpc) is 3.78. The number of anilines is 1. The van der Waals surface area contributed by atoms with E-state index < -0.39 is 0 Å². The number of carbonyl (C=O) groups is 1. The van der Waals surface area contributed by atoms with E-state index in [1.165, 1.54) is 12.8 Å². The Balaban J connectivity index is 1.32. The van der Waals surface area contributed by atoms with E-state index in [1.54, 1.807) is 13.4 Å². The normalized spacial score (nSPS) is 22.7. The fourth-order valence-corrected chi connectivity index (χ4v) is 5.79. The number of carbonyl (C=O) groups excluding carboxylic acids is 1. The molecule has 0 unspecified atom stereocenters. The number of benzene rings is 1. The van der Waals surface area contributed by atoms with E-state index in [1.807, 2.05) is 28.9 Å². The molecule has 0 radical (unpaired) electrons. The van der Waals surface area contributed by atoms with E-state index in [0.29, 0.717) is 40.1 Å². The molecule has 0 spiro atoms. The third kappa shape index (κ3) is 3.85. The third-order valence-corrected chi connectivity index (χ3v) is 8.00. The zero-order chi connectivity index (χ0) is 25.1. The van der Waals surface area contributed by atoms with E-state index in [0.717, 1.165) is 42.9 Å². The number of rotatable bonds is 7. The van der Waals surface area contributed by atoms with Gasteiger partial charge in [-0.1, -0.05) is 30.3 Å². The Labute approximate surface area is 214 Å². The summed E-state index contributed by atoms with van der Waals surface area (Å²) in [5.74, 6) is 1.99. The molecule has 4 heterocycles. The number of piperidine rings is 1. The van der Waals surface area contributed by atoms with Crippen LogP contribution in [-0.4, -0.2) is 62.8 Å². The summed E-state index contributed by atoms with van der Waals surface area (Å²) >= 11 is 0. The summed E-state index contributed by atoms with van der Waals surface area (Å²) in [4.78, 5) is 29.6. The molecule has 37 heavy (non-hydrogen) atoms. The highest BCUT2D eigenvalue weighted by atomic mass is 16.5. The van der Waals surface area contributed by atoms with Crippen LogP contribution in [-0.2, 0) is 11.3 Å². The molecule has 2 aliphatic carbocycles. The predicted molar refractivity (Wildman–Crippen MR) is 140 cm³/mol. The lowest BCUT2D eigenvalue weighted by atomic mass is 10.0. The molecule has 3 aliphatic rings. The van der Waals surface area contributed by atoms with Crippen molar-refractivity contribution in [3.05, 3.63) is 48.9 Å². The Kier molecular flexibility index (Phi) is 5.04. The first-order chi connectivity index (χ1) is 18.0. The van der Waals surface area contributed by atoms with Crippen LogP contribution in [0.3, 0.4) is 0 Å². The summed E-state index contributed by atoms with van der Waals surface area (Å²) in [7, 11) is 3.64. The number of likely N-dealkylation sites (tertiary alicyclic amines) is 1. The number of hydrogen-bond acceptors (Lipinski definition) is 7. The van der Waals surface area contributed by atoms with E-state index in [-0.39, 0.29) is 11.3 Å². The van der Waals surface area contributed by atoms with Crippen molar-refractivity contribution in [3.63, 3.8) is 0 Å². The van der Waals surface area contributed by atoms with Crippen LogP contribution in [0.25, 0.3) is 33.5 Å². The lowest BCUT2D eigenvalue weighted by Gasteiger charge is -2.17. The number of aromatic nitrogens is 5. The second kappa shape index (κ2) is 8.34. The Hall–Kier alpha value is -3.85. The van der Waals surface area contributed by atoms with Gasteiger partial charge in [-0.2, -0.15) is 5.10 Å². The van der Waals surface area contributed by atoms with E-state index in [2.05, 4.69) is 45.6 Å². The molecule has 1 aromatic carbocycles. The van der Waals surface area contributed by atoms with Crippen molar-refractivity contribution >= 4 is 22.8 Å². The number of fused-ring (bicyclic) bond motifs is 2. The fourth-order valence-electron chi connectivity index (χ4n) is 5.79. The zero-order valence-electron chi connectivity index (χ0n) is 21.0. The van der Waals surface area contributed by atoms with Gasteiger partial charge < -0.3 is 15.0 Å². The number of pyridine rings is 1. The van der Waals surface area contributed by atoms with Crippen molar-refractivity contribution in [2.75, 3.05) is 32.6 Å². The quantitative estimate of drug-likeness (QED) is 0.416. The molecule has 2 saturated carbocycles. The van der Waals surface area contributed by atoms with Crippen molar-refractivity contribution in [2.45, 2.75) is 25.8 Å². The van der Waals surface area contributed by atoms with Crippen LogP contribution < -0.4 is 10.1 Å². The van der Waals surface area contributed by atoms with Crippen LogP contribution in [0.2, 0.25) is 0 Å². The molecule has 2 atom stereocenters. The van der Waals surface area contributed by atoms with Crippen LogP contribution in [0, 0.1) is 17.3 Å². The minimum atomic E-state index is -0.323. The summed E-state index contributed by atoms with van der Waals surface area (Å²) in [5, 5.41) is 8.04. The number of methoxy groups -OCH3 is 1. The van der Waals surface area contributed by atoms with Gasteiger partial charge in [0.05, 0.1) is 18.0 Å². The first-order valence-electron chi connectivity index (χ1n) is 12.9. The van der Waals surface area contributed by atoms with Gasteiger partial charge >= 0.3 is 0 Å². The van der Waals surface area contributed by atoms with E-state index >= 15 is 0 Å².